The van der Waals surface area contributed by atoms with Crippen molar-refractivity contribution in [3.63, 3.8) is 0 Å². The summed E-state index contributed by atoms with van der Waals surface area (Å²) in [5, 5.41) is 5.30. The summed E-state index contributed by atoms with van der Waals surface area (Å²) in [4.78, 5) is 0. The summed E-state index contributed by atoms with van der Waals surface area (Å²) in [7, 11) is 2.16. The zero-order chi connectivity index (χ0) is 37.7. The van der Waals surface area contributed by atoms with Gasteiger partial charge < -0.3 is 9.13 Å². The summed E-state index contributed by atoms with van der Waals surface area (Å²) in [5.74, 6) is 0.885. The second kappa shape index (κ2) is 14.0. The molecule has 8 aromatic rings. The number of benzene rings is 6. The molecule has 0 amide bonds. The Morgan fingerprint density at radius 2 is 1.15 bits per heavy atom. The molecule has 0 spiro atoms. The van der Waals surface area contributed by atoms with E-state index in [9.17, 15) is 0 Å². The Hall–Kier alpha value is -5.54. The summed E-state index contributed by atoms with van der Waals surface area (Å²) >= 11 is 0. The molecule has 3 heteroatoms. The molecule has 0 bridgehead atoms. The third-order valence-electron chi connectivity index (χ3n) is 12.0. The smallest absolute Gasteiger partial charge is 0.206 e. The van der Waals surface area contributed by atoms with Gasteiger partial charge in [0.2, 0.25) is 6.71 Å². The van der Waals surface area contributed by atoms with Gasteiger partial charge in [-0.05, 0) is 88.8 Å². The zero-order valence-electron chi connectivity index (χ0n) is 33.1. The summed E-state index contributed by atoms with van der Waals surface area (Å²) in [6.07, 6.45) is 6.12. The van der Waals surface area contributed by atoms with Crippen LogP contribution < -0.4 is 10.9 Å². The predicted molar refractivity (Wildman–Crippen MR) is 236 cm³/mol. The van der Waals surface area contributed by atoms with E-state index in [1.807, 2.05) is 0 Å². The molecule has 0 saturated heterocycles. The van der Waals surface area contributed by atoms with Gasteiger partial charge in [0.25, 0.3) is 0 Å². The highest BCUT2D eigenvalue weighted by atomic mass is 15.0. The minimum atomic E-state index is 0.469. The van der Waals surface area contributed by atoms with Gasteiger partial charge in [-0.3, -0.25) is 0 Å². The molecule has 10 rings (SSSR count). The van der Waals surface area contributed by atoms with Crippen LogP contribution in [-0.2, 0) is 7.05 Å². The molecule has 2 aliphatic rings. The molecule has 2 heterocycles. The van der Waals surface area contributed by atoms with Crippen molar-refractivity contribution in [2.45, 2.75) is 54.8 Å². The fourth-order valence-electron chi connectivity index (χ4n) is 9.59. The summed E-state index contributed by atoms with van der Waals surface area (Å²) in [6, 6.07) is 47.9. The minimum Gasteiger partial charge on any atom is -0.344 e. The van der Waals surface area contributed by atoms with Crippen LogP contribution in [0.25, 0.3) is 49.3 Å². The first kappa shape index (κ1) is 35.5. The van der Waals surface area contributed by atoms with Crippen LogP contribution in [0.3, 0.4) is 0 Å². The Bertz CT molecular complexity index is 2700. The van der Waals surface area contributed by atoms with Gasteiger partial charge in [0.05, 0.1) is 11.0 Å². The Balaban J connectivity index is 0.000000130. The van der Waals surface area contributed by atoms with Crippen LogP contribution in [0.15, 0.2) is 157 Å². The monoisotopic (exact) mass is 702 g/mol. The predicted octanol–water partition coefficient (Wildman–Crippen LogP) is 12.2. The third-order valence-corrected chi connectivity index (χ3v) is 12.0. The van der Waals surface area contributed by atoms with Crippen molar-refractivity contribution in [1.29, 1.82) is 0 Å². The molecule has 0 aliphatic heterocycles. The van der Waals surface area contributed by atoms with Crippen LogP contribution in [-0.4, -0.2) is 15.8 Å². The van der Waals surface area contributed by atoms with Gasteiger partial charge in [-0.25, -0.2) is 0 Å². The van der Waals surface area contributed by atoms with E-state index in [0.29, 0.717) is 12.1 Å². The number of aryl methyl sites for hydroxylation is 4. The van der Waals surface area contributed by atoms with Crippen molar-refractivity contribution in [3.8, 4) is 5.69 Å². The molecule has 0 radical (unpaired) electrons. The molecule has 2 unspecified atom stereocenters. The Labute approximate surface area is 321 Å². The molecule has 1 fully saturated rings. The maximum absolute atomic E-state index is 2.42. The van der Waals surface area contributed by atoms with E-state index in [2.05, 4.69) is 210 Å². The molecule has 54 heavy (non-hydrogen) atoms. The fourth-order valence-corrected chi connectivity index (χ4v) is 9.59. The number of allylic oxidation sites excluding steroid dienone is 4. The first-order valence-corrected chi connectivity index (χ1v) is 19.5. The van der Waals surface area contributed by atoms with Crippen molar-refractivity contribution < 1.29 is 0 Å². The Morgan fingerprint density at radius 3 is 1.80 bits per heavy atom. The van der Waals surface area contributed by atoms with Gasteiger partial charge in [-0.2, -0.15) is 0 Å². The van der Waals surface area contributed by atoms with E-state index in [1.165, 1.54) is 88.9 Å². The molecule has 6 aromatic carbocycles. The number of hydrogen-bond donors (Lipinski definition) is 0. The number of rotatable bonds is 3. The lowest BCUT2D eigenvalue weighted by atomic mass is 9.41. The normalized spacial score (nSPS) is 17.3. The van der Waals surface area contributed by atoms with Gasteiger partial charge in [0.1, 0.15) is 0 Å². The molecular formula is C51H51BN2. The second-order valence-corrected chi connectivity index (χ2v) is 16.1. The van der Waals surface area contributed by atoms with Crippen LogP contribution >= 0.6 is 0 Å². The van der Waals surface area contributed by atoms with E-state index < -0.39 is 0 Å². The molecule has 0 N–H and O–H groups in total. The van der Waals surface area contributed by atoms with E-state index in [4.69, 9.17) is 0 Å². The van der Waals surface area contributed by atoms with Gasteiger partial charge >= 0.3 is 0 Å². The average Bonchev–Trinajstić information content (AvgIpc) is 3.63. The van der Waals surface area contributed by atoms with Crippen molar-refractivity contribution in [2.75, 3.05) is 0 Å². The van der Waals surface area contributed by atoms with Gasteiger partial charge in [-0.15, -0.1) is 0 Å². The lowest BCUT2D eigenvalue weighted by Gasteiger charge is -2.16. The van der Waals surface area contributed by atoms with Crippen LogP contribution in [0.5, 0.6) is 0 Å². The van der Waals surface area contributed by atoms with E-state index >= 15 is 0 Å². The molecule has 1 saturated carbocycles. The third kappa shape index (κ3) is 6.30. The maximum Gasteiger partial charge on any atom is 0.206 e. The van der Waals surface area contributed by atoms with Gasteiger partial charge in [-0.1, -0.05) is 162 Å². The fraction of sp³-hybridized carbons (Fsp3) is 0.216. The number of hydrogen-bond acceptors (Lipinski definition) is 0. The van der Waals surface area contributed by atoms with Gasteiger partial charge in [0, 0.05) is 45.3 Å². The summed E-state index contributed by atoms with van der Waals surface area (Å²) in [6.45, 7) is 16.2. The molecular weight excluding hydrogens is 651 g/mol. The SMILES string of the molecule is CB(c1ccccc1)c1c(C)cc(C)cc1C.CC1=CC2(C)CC2C(C)=C1.Cn1c2ccccc2c2c3c4ccccc4n(-c4ccccc4)c3ccc21. The van der Waals surface area contributed by atoms with Crippen LogP contribution in [0.2, 0.25) is 6.82 Å². The molecule has 2 aromatic heterocycles. The van der Waals surface area contributed by atoms with E-state index in [1.54, 1.807) is 5.57 Å². The van der Waals surface area contributed by atoms with Crippen molar-refractivity contribution in [1.82, 2.24) is 9.13 Å². The standard InChI is InChI=1S/C25H18N2.C16H19B.C10H14/c1-26-20-13-7-5-11-18(20)24-22(26)15-16-23-25(24)19-12-6-8-14-21(19)27(23)17-9-3-2-4-10-17;1-12-10-13(2)16(14(3)11-12)17(4)15-8-6-5-7-9-15;1-7-4-8(2)9-6-10(9,3)5-7/h2-16H,1H3;5-11H,1-4H3;4-5,9H,6H2,1-3H3. The first-order valence-electron chi connectivity index (χ1n) is 19.5. The first-order chi connectivity index (χ1) is 26.1. The number of aromatic nitrogens is 2. The van der Waals surface area contributed by atoms with E-state index in [-0.39, 0.29) is 0 Å². The molecule has 2 nitrogen and oxygen atoms in total. The van der Waals surface area contributed by atoms with E-state index in [0.717, 1.165) is 5.92 Å². The van der Waals surface area contributed by atoms with Crippen LogP contribution in [0.4, 0.5) is 0 Å². The quantitative estimate of drug-likeness (QED) is 0.162. The Morgan fingerprint density at radius 1 is 0.611 bits per heavy atom. The largest absolute Gasteiger partial charge is 0.344 e. The Kier molecular flexibility index (Phi) is 9.22. The number of para-hydroxylation sites is 3. The lowest BCUT2D eigenvalue weighted by molar-refractivity contribution is 0.663. The highest BCUT2D eigenvalue weighted by Gasteiger charge is 2.50. The highest BCUT2D eigenvalue weighted by molar-refractivity contribution is 6.84. The number of nitrogens with zero attached hydrogens (tertiary/aromatic N) is 2. The van der Waals surface area contributed by atoms with Crippen LogP contribution in [0, 0.1) is 32.1 Å². The molecule has 268 valence electrons. The van der Waals surface area contributed by atoms with Crippen molar-refractivity contribution >= 4 is 61.3 Å². The maximum atomic E-state index is 2.42. The average molecular weight is 703 g/mol. The molecule has 2 aliphatic carbocycles. The highest BCUT2D eigenvalue weighted by Crippen LogP contribution is 2.59. The van der Waals surface area contributed by atoms with Crippen molar-refractivity contribution in [2.24, 2.45) is 18.4 Å². The minimum absolute atomic E-state index is 0.469. The second-order valence-electron chi connectivity index (χ2n) is 16.1. The topological polar surface area (TPSA) is 9.86 Å². The molecule has 2 atom stereocenters. The summed E-state index contributed by atoms with van der Waals surface area (Å²) < 4.78 is 4.69. The van der Waals surface area contributed by atoms with Crippen LogP contribution in [0.1, 0.15) is 43.9 Å². The van der Waals surface area contributed by atoms with Crippen molar-refractivity contribution in [3.05, 3.63) is 173 Å². The van der Waals surface area contributed by atoms with Gasteiger partial charge in [0.15, 0.2) is 0 Å². The summed E-state index contributed by atoms with van der Waals surface area (Å²) in [5.41, 5.74) is 16.9. The zero-order valence-corrected chi connectivity index (χ0v) is 33.1. The number of fused-ring (bicyclic) bond motifs is 8. The lowest BCUT2D eigenvalue weighted by Crippen LogP contribution is -2.42.